The van der Waals surface area contributed by atoms with Crippen molar-refractivity contribution in [3.05, 3.63) is 11.6 Å². The predicted molar refractivity (Wildman–Crippen MR) is 56.1 cm³/mol. The number of amides is 1. The van der Waals surface area contributed by atoms with Crippen LogP contribution in [0.1, 0.15) is 20.3 Å². The lowest BCUT2D eigenvalue weighted by molar-refractivity contribution is -0.128. The number of nitrogens with one attached hydrogen (secondary N) is 1. The maximum absolute atomic E-state index is 11.2. The molecule has 0 aromatic carbocycles. The van der Waals surface area contributed by atoms with Gasteiger partial charge in [0.2, 0.25) is 0 Å². The number of hydrogen-bond acceptors (Lipinski definition) is 2. The van der Waals surface area contributed by atoms with E-state index in [4.69, 9.17) is 16.3 Å². The van der Waals surface area contributed by atoms with Gasteiger partial charge >= 0.3 is 0 Å². The molecule has 0 heterocycles. The van der Waals surface area contributed by atoms with E-state index in [9.17, 15) is 4.79 Å². The minimum atomic E-state index is -0.292. The molecule has 1 rings (SSSR count). The van der Waals surface area contributed by atoms with Crippen molar-refractivity contribution in [3.63, 3.8) is 0 Å². The van der Waals surface area contributed by atoms with Crippen molar-refractivity contribution in [2.24, 2.45) is 5.41 Å². The summed E-state index contributed by atoms with van der Waals surface area (Å²) in [6, 6.07) is 0.121. The molecule has 0 spiro atoms. The molecule has 1 amide bonds. The molecule has 0 aromatic heterocycles. The molecule has 2 atom stereocenters. The van der Waals surface area contributed by atoms with Crippen LogP contribution in [-0.2, 0) is 9.53 Å². The maximum atomic E-state index is 11.2. The molecule has 14 heavy (non-hydrogen) atoms. The van der Waals surface area contributed by atoms with Crippen LogP contribution in [0.3, 0.4) is 0 Å². The summed E-state index contributed by atoms with van der Waals surface area (Å²) in [5.74, 6) is -0.292. The van der Waals surface area contributed by atoms with Gasteiger partial charge in [0.15, 0.2) is 0 Å². The fourth-order valence-electron chi connectivity index (χ4n) is 1.77. The third-order valence-corrected chi connectivity index (χ3v) is 3.19. The van der Waals surface area contributed by atoms with E-state index < -0.39 is 0 Å². The Labute approximate surface area is 89.5 Å². The molecule has 0 bridgehead atoms. The van der Waals surface area contributed by atoms with Gasteiger partial charge < -0.3 is 10.1 Å². The van der Waals surface area contributed by atoms with Crippen LogP contribution < -0.4 is 5.32 Å². The number of ether oxygens (including phenoxy) is 1. The minimum Gasteiger partial charge on any atom is -0.381 e. The van der Waals surface area contributed by atoms with Crippen molar-refractivity contribution >= 4 is 17.5 Å². The summed E-state index contributed by atoms with van der Waals surface area (Å²) >= 11 is 5.48. The predicted octanol–water partition coefficient (Wildman–Crippen LogP) is 1.67. The Balaban J connectivity index is 2.51. The topological polar surface area (TPSA) is 38.3 Å². The van der Waals surface area contributed by atoms with Gasteiger partial charge in [-0.15, -0.1) is 0 Å². The molecule has 4 heteroatoms. The van der Waals surface area contributed by atoms with E-state index in [2.05, 4.69) is 25.7 Å². The first-order valence-electron chi connectivity index (χ1n) is 4.57. The van der Waals surface area contributed by atoms with Crippen molar-refractivity contribution in [2.45, 2.75) is 32.4 Å². The number of carbonyl (C=O) groups excluding carboxylic acids is 1. The van der Waals surface area contributed by atoms with Crippen molar-refractivity contribution in [1.29, 1.82) is 0 Å². The molecular weight excluding hydrogens is 202 g/mol. The first kappa shape index (κ1) is 11.5. The molecule has 0 saturated heterocycles. The molecule has 1 aliphatic rings. The summed E-state index contributed by atoms with van der Waals surface area (Å²) in [5, 5.41) is 2.85. The fourth-order valence-corrected chi connectivity index (χ4v) is 1.82. The second kappa shape index (κ2) is 3.91. The molecule has 0 aliphatic heterocycles. The third-order valence-electron chi connectivity index (χ3n) is 3.01. The Morgan fingerprint density at radius 1 is 1.64 bits per heavy atom. The van der Waals surface area contributed by atoms with E-state index in [1.165, 1.54) is 0 Å². The van der Waals surface area contributed by atoms with Gasteiger partial charge in [-0.2, -0.15) is 0 Å². The number of rotatable bonds is 3. The lowest BCUT2D eigenvalue weighted by atomic mass is 9.64. The lowest BCUT2D eigenvalue weighted by Crippen LogP contribution is -2.61. The third kappa shape index (κ3) is 1.93. The maximum Gasteiger partial charge on any atom is 0.262 e. The van der Waals surface area contributed by atoms with Crippen LogP contribution >= 0.6 is 11.6 Å². The fraction of sp³-hybridized carbons (Fsp3) is 0.700. The number of halogens is 1. The monoisotopic (exact) mass is 217 g/mol. The van der Waals surface area contributed by atoms with Crippen LogP contribution in [0.2, 0.25) is 0 Å². The molecular formula is C10H16ClNO2. The van der Waals surface area contributed by atoms with Gasteiger partial charge in [-0.05, 0) is 6.42 Å². The van der Waals surface area contributed by atoms with Crippen LogP contribution in [0.5, 0.6) is 0 Å². The number of carbonyl (C=O) groups is 1. The summed E-state index contributed by atoms with van der Waals surface area (Å²) in [6.07, 6.45) is 1.04. The summed E-state index contributed by atoms with van der Waals surface area (Å²) in [7, 11) is 1.69. The average Bonchev–Trinajstić information content (AvgIpc) is 2.10. The summed E-state index contributed by atoms with van der Waals surface area (Å²) in [6.45, 7) is 7.50. The van der Waals surface area contributed by atoms with Crippen molar-refractivity contribution in [3.8, 4) is 0 Å². The molecule has 1 aliphatic carbocycles. The quantitative estimate of drug-likeness (QED) is 0.731. The SMILES string of the molecule is C=C(Cl)C(=O)NC1CC(OC)C1(C)C. The van der Waals surface area contributed by atoms with E-state index >= 15 is 0 Å². The van der Waals surface area contributed by atoms with Gasteiger partial charge in [0, 0.05) is 18.6 Å². The molecule has 1 saturated carbocycles. The van der Waals surface area contributed by atoms with Crippen molar-refractivity contribution in [2.75, 3.05) is 7.11 Å². The lowest BCUT2D eigenvalue weighted by Gasteiger charge is -2.51. The van der Waals surface area contributed by atoms with Gasteiger partial charge in [-0.3, -0.25) is 4.79 Å². The zero-order valence-corrected chi connectivity index (χ0v) is 9.52. The van der Waals surface area contributed by atoms with E-state index in [0.29, 0.717) is 0 Å². The van der Waals surface area contributed by atoms with Crippen molar-refractivity contribution < 1.29 is 9.53 Å². The number of methoxy groups -OCH3 is 1. The van der Waals surface area contributed by atoms with Gasteiger partial charge in [0.1, 0.15) is 0 Å². The Morgan fingerprint density at radius 3 is 2.57 bits per heavy atom. The van der Waals surface area contributed by atoms with Crippen LogP contribution in [0.15, 0.2) is 11.6 Å². The number of hydrogen-bond donors (Lipinski definition) is 1. The highest BCUT2D eigenvalue weighted by atomic mass is 35.5. The molecule has 0 aromatic rings. The standard InChI is InChI=1S/C10H16ClNO2/c1-6(11)9(13)12-7-5-8(14-4)10(7,2)3/h7-8H,1,5H2,2-4H3,(H,12,13). The Bertz CT molecular complexity index is 263. The molecule has 3 nitrogen and oxygen atoms in total. The average molecular weight is 218 g/mol. The highest BCUT2D eigenvalue weighted by molar-refractivity contribution is 6.41. The molecule has 1 fully saturated rings. The van der Waals surface area contributed by atoms with Crippen LogP contribution in [0.4, 0.5) is 0 Å². The molecule has 2 unspecified atom stereocenters. The van der Waals surface area contributed by atoms with Crippen LogP contribution in [0.25, 0.3) is 0 Å². The molecule has 1 N–H and O–H groups in total. The molecule has 80 valence electrons. The van der Waals surface area contributed by atoms with E-state index in [0.717, 1.165) is 6.42 Å². The Hall–Kier alpha value is -0.540. The first-order valence-corrected chi connectivity index (χ1v) is 4.95. The van der Waals surface area contributed by atoms with E-state index in [1.807, 2.05) is 0 Å². The normalized spacial score (nSPS) is 29.1. The molecule has 0 radical (unpaired) electrons. The second-order valence-electron chi connectivity index (χ2n) is 4.21. The minimum absolute atomic E-state index is 0.0293. The zero-order chi connectivity index (χ0) is 10.9. The largest absolute Gasteiger partial charge is 0.381 e. The first-order chi connectivity index (χ1) is 6.39. The smallest absolute Gasteiger partial charge is 0.262 e. The Morgan fingerprint density at radius 2 is 2.21 bits per heavy atom. The summed E-state index contributed by atoms with van der Waals surface area (Å²) < 4.78 is 5.27. The summed E-state index contributed by atoms with van der Waals surface area (Å²) in [5.41, 5.74) is -0.0310. The Kier molecular flexibility index (Phi) is 3.22. The zero-order valence-electron chi connectivity index (χ0n) is 8.76. The van der Waals surface area contributed by atoms with E-state index in [1.54, 1.807) is 7.11 Å². The van der Waals surface area contributed by atoms with Gasteiger partial charge in [0.25, 0.3) is 5.91 Å². The van der Waals surface area contributed by atoms with Gasteiger partial charge in [-0.1, -0.05) is 32.0 Å². The van der Waals surface area contributed by atoms with Gasteiger partial charge in [-0.25, -0.2) is 0 Å². The van der Waals surface area contributed by atoms with Crippen LogP contribution in [0, 0.1) is 5.41 Å². The highest BCUT2D eigenvalue weighted by Gasteiger charge is 2.49. The van der Waals surface area contributed by atoms with Gasteiger partial charge in [0.05, 0.1) is 11.1 Å². The second-order valence-corrected chi connectivity index (χ2v) is 4.67. The highest BCUT2D eigenvalue weighted by Crippen LogP contribution is 2.42. The summed E-state index contributed by atoms with van der Waals surface area (Å²) in [4.78, 5) is 11.2. The van der Waals surface area contributed by atoms with Crippen LogP contribution in [-0.4, -0.2) is 25.2 Å². The van der Waals surface area contributed by atoms with E-state index in [-0.39, 0.29) is 28.5 Å². The van der Waals surface area contributed by atoms with Crippen molar-refractivity contribution in [1.82, 2.24) is 5.32 Å².